The van der Waals surface area contributed by atoms with Crippen LogP contribution in [-0.4, -0.2) is 72.3 Å². The predicted molar refractivity (Wildman–Crippen MR) is 106 cm³/mol. The molecule has 0 unspecified atom stereocenters. The second-order valence-electron chi connectivity index (χ2n) is 3.98. The summed E-state index contributed by atoms with van der Waals surface area (Å²) >= 11 is 0. The van der Waals surface area contributed by atoms with Crippen LogP contribution in [0.5, 0.6) is 0 Å². The van der Waals surface area contributed by atoms with Crippen LogP contribution < -0.4 is 0 Å². The molecule has 0 aromatic heterocycles. The van der Waals surface area contributed by atoms with Crippen LogP contribution in [0.1, 0.15) is 64.2 Å². The molecule has 166 valence electrons. The second-order valence-corrected chi connectivity index (χ2v) is 3.98. The monoisotopic (exact) mass is 456 g/mol. The molecule has 0 rings (SSSR count). The van der Waals surface area contributed by atoms with E-state index in [1.807, 2.05) is 0 Å². The van der Waals surface area contributed by atoms with E-state index < -0.39 is 0 Å². The van der Waals surface area contributed by atoms with Crippen molar-refractivity contribution in [3.8, 4) is 0 Å². The third-order valence-corrected chi connectivity index (χ3v) is 2.57. The van der Waals surface area contributed by atoms with Gasteiger partial charge in [0.2, 0.25) is 0 Å². The topological polar surface area (TPSA) is 121 Å². The zero-order valence-corrected chi connectivity index (χ0v) is 21.3. The molecule has 0 aliphatic rings. The quantitative estimate of drug-likeness (QED) is 0.161. The molecule has 0 atom stereocenters. The van der Waals surface area contributed by atoms with Crippen molar-refractivity contribution in [2.45, 2.75) is 64.2 Å². The van der Waals surface area contributed by atoms with Crippen molar-refractivity contribution in [2.24, 2.45) is 0 Å². The predicted octanol–water partition coefficient (Wildman–Crippen LogP) is 2.20. The first-order valence-electron chi connectivity index (χ1n) is 7.92. The Hall–Kier alpha value is 1.19. The van der Waals surface area contributed by atoms with Gasteiger partial charge in [-0.25, -0.2) is 0 Å². The molecule has 0 aromatic carbocycles. The number of hydrogen-bond donors (Lipinski definition) is 6. The molecule has 0 fully saturated rings. The van der Waals surface area contributed by atoms with Crippen molar-refractivity contribution in [2.75, 3.05) is 41.7 Å². The Morgan fingerprint density at radius 3 is 0.577 bits per heavy atom. The Bertz CT molecular complexity index is 104. The van der Waals surface area contributed by atoms with Crippen LogP contribution in [0, 0.1) is 14.9 Å². The van der Waals surface area contributed by atoms with Crippen LogP contribution in [0.25, 0.3) is 0 Å². The van der Waals surface area contributed by atoms with Crippen LogP contribution in [0.2, 0.25) is 0 Å². The Kier molecular flexibility index (Phi) is 207. The van der Waals surface area contributed by atoms with Gasteiger partial charge in [0.05, 0.1) is 0 Å². The van der Waals surface area contributed by atoms with Gasteiger partial charge in [-0.3, -0.25) is 0 Å². The molecular weight excluding hydrogens is 408 g/mol. The van der Waals surface area contributed by atoms with Crippen molar-refractivity contribution < 1.29 is 74.1 Å². The molecule has 0 aliphatic heterocycles. The van der Waals surface area contributed by atoms with E-state index in [1.165, 1.54) is 51.4 Å². The van der Waals surface area contributed by atoms with E-state index in [0.29, 0.717) is 13.2 Å². The summed E-state index contributed by atoms with van der Waals surface area (Å²) in [5.41, 5.74) is 0. The summed E-state index contributed by atoms with van der Waals surface area (Å²) in [6, 6.07) is 0. The Morgan fingerprint density at radius 2 is 0.462 bits per heavy atom. The van der Waals surface area contributed by atoms with Gasteiger partial charge in [0, 0.05) is 85.1 Å². The molecule has 6 N–H and O–H groups in total. The van der Waals surface area contributed by atoms with Gasteiger partial charge in [-0.2, -0.15) is 0 Å². The minimum absolute atomic E-state index is 0. The van der Waals surface area contributed by atoms with Gasteiger partial charge in [0.25, 0.3) is 0 Å². The summed E-state index contributed by atoms with van der Waals surface area (Å²) < 4.78 is 0. The Balaban J connectivity index is -0.0000000304. The Labute approximate surface area is 194 Å². The van der Waals surface area contributed by atoms with Crippen LogP contribution in [0.3, 0.4) is 0 Å². The van der Waals surface area contributed by atoms with Gasteiger partial charge in [-0.15, -0.1) is 0 Å². The molecule has 0 saturated heterocycles. The standard InChI is InChI=1S/C12H26O2.4CH4O.2CH3.2Ti/c13-11-9-7-5-3-1-2-4-6-8-10-12-14;4*1-2;;;;/h13-14H,1-12H2;4*2H,1H3;2*1H3;;/q;;;;;2*-1;;. The molecule has 0 spiro atoms. The first-order chi connectivity index (χ1) is 10.9. The van der Waals surface area contributed by atoms with E-state index in [2.05, 4.69) is 0 Å². The van der Waals surface area contributed by atoms with Gasteiger partial charge in [0.15, 0.2) is 0 Å². The molecule has 6 nitrogen and oxygen atoms in total. The first-order valence-corrected chi connectivity index (χ1v) is 7.92. The summed E-state index contributed by atoms with van der Waals surface area (Å²) in [6.45, 7) is 0.697. The molecule has 0 aliphatic carbocycles. The van der Waals surface area contributed by atoms with Crippen LogP contribution in [-0.2, 0) is 43.4 Å². The average molecular weight is 456 g/mol. The maximum atomic E-state index is 8.57. The second kappa shape index (κ2) is 95.5. The largest absolute Gasteiger partial charge is 0.400 e. The van der Waals surface area contributed by atoms with Crippen molar-refractivity contribution in [1.29, 1.82) is 0 Å². The van der Waals surface area contributed by atoms with Crippen molar-refractivity contribution >= 4 is 0 Å². The third-order valence-electron chi connectivity index (χ3n) is 2.57. The summed E-state index contributed by atoms with van der Waals surface area (Å²) in [7, 11) is 4.00. The van der Waals surface area contributed by atoms with Gasteiger partial charge >= 0.3 is 0 Å². The average Bonchev–Trinajstić information content (AvgIpc) is 2.63. The van der Waals surface area contributed by atoms with E-state index in [0.717, 1.165) is 41.3 Å². The summed E-state index contributed by atoms with van der Waals surface area (Å²) in [5, 5.41) is 45.1. The summed E-state index contributed by atoms with van der Waals surface area (Å²) in [5.74, 6) is 0. The zero-order valence-electron chi connectivity index (χ0n) is 18.2. The minimum atomic E-state index is 0. The smallest absolute Gasteiger partial charge is 0.0431 e. The number of aliphatic hydroxyl groups excluding tert-OH is 6. The molecular formula is C18H48O6Ti2-2. The van der Waals surface area contributed by atoms with Crippen LogP contribution in [0.15, 0.2) is 0 Å². The minimum Gasteiger partial charge on any atom is -0.400 e. The van der Waals surface area contributed by atoms with Crippen molar-refractivity contribution in [1.82, 2.24) is 0 Å². The van der Waals surface area contributed by atoms with Crippen molar-refractivity contribution in [3.05, 3.63) is 14.9 Å². The van der Waals surface area contributed by atoms with E-state index in [-0.39, 0.29) is 58.3 Å². The summed E-state index contributed by atoms with van der Waals surface area (Å²) in [6.07, 6.45) is 12.2. The molecule has 0 radical (unpaired) electrons. The maximum absolute atomic E-state index is 8.57. The maximum Gasteiger partial charge on any atom is 0.0431 e. The first kappa shape index (κ1) is 56.4. The van der Waals surface area contributed by atoms with E-state index in [9.17, 15) is 0 Å². The van der Waals surface area contributed by atoms with Crippen molar-refractivity contribution in [3.63, 3.8) is 0 Å². The number of rotatable bonds is 11. The number of hydrogen-bond acceptors (Lipinski definition) is 6. The number of unbranched alkanes of at least 4 members (excludes halogenated alkanes) is 9. The molecule has 26 heavy (non-hydrogen) atoms. The van der Waals surface area contributed by atoms with E-state index in [1.54, 1.807) is 0 Å². The van der Waals surface area contributed by atoms with E-state index >= 15 is 0 Å². The number of aliphatic hydroxyl groups is 6. The van der Waals surface area contributed by atoms with Gasteiger partial charge < -0.3 is 45.5 Å². The van der Waals surface area contributed by atoms with Gasteiger partial charge in [-0.05, 0) is 12.8 Å². The molecule has 0 amide bonds. The Morgan fingerprint density at radius 1 is 0.346 bits per heavy atom. The summed E-state index contributed by atoms with van der Waals surface area (Å²) in [4.78, 5) is 0. The molecule has 0 aromatic rings. The fourth-order valence-electron chi connectivity index (χ4n) is 1.64. The van der Waals surface area contributed by atoms with Crippen LogP contribution >= 0.6 is 0 Å². The zero-order chi connectivity index (χ0) is 18.5. The molecule has 0 bridgehead atoms. The van der Waals surface area contributed by atoms with E-state index in [4.69, 9.17) is 30.6 Å². The molecule has 0 saturated carbocycles. The van der Waals surface area contributed by atoms with Crippen LogP contribution in [0.4, 0.5) is 0 Å². The fraction of sp³-hybridized carbons (Fsp3) is 0.889. The SMILES string of the molecule is CO.CO.CO.CO.OCCCCCCCCCCCCO.[CH3-].[CH3-].[Ti].[Ti]. The normalized spacial score (nSPS) is 6.69. The molecule has 8 heteroatoms. The fourth-order valence-corrected chi connectivity index (χ4v) is 1.64. The third kappa shape index (κ3) is 99.2. The molecule has 0 heterocycles. The van der Waals surface area contributed by atoms with Gasteiger partial charge in [-0.1, -0.05) is 51.4 Å². The van der Waals surface area contributed by atoms with Gasteiger partial charge in [0.1, 0.15) is 0 Å².